The third-order valence-electron chi connectivity index (χ3n) is 2.53. The summed E-state index contributed by atoms with van der Waals surface area (Å²) in [7, 11) is 0. The molecule has 0 atom stereocenters. The van der Waals surface area contributed by atoms with Crippen LogP contribution >= 0.6 is 15.9 Å². The standard InChI is InChI=1S/C14H11BrN2O2/c15-12-8-4-7-11(9-12)14(19)17(16)13(18)10-5-2-1-3-6-10/h1-9H,16H2. The molecule has 0 bridgehead atoms. The summed E-state index contributed by atoms with van der Waals surface area (Å²) in [4.78, 5) is 24.1. The topological polar surface area (TPSA) is 63.4 Å². The number of rotatable bonds is 2. The summed E-state index contributed by atoms with van der Waals surface area (Å²) in [5.74, 6) is 4.51. The van der Waals surface area contributed by atoms with Gasteiger partial charge in [0.2, 0.25) is 0 Å². The van der Waals surface area contributed by atoms with Gasteiger partial charge in [0.25, 0.3) is 11.8 Å². The highest BCUT2D eigenvalue weighted by atomic mass is 79.9. The van der Waals surface area contributed by atoms with E-state index < -0.39 is 11.8 Å². The van der Waals surface area contributed by atoms with Gasteiger partial charge in [-0.15, -0.1) is 0 Å². The van der Waals surface area contributed by atoms with Crippen molar-refractivity contribution in [2.45, 2.75) is 0 Å². The molecule has 0 heterocycles. The summed E-state index contributed by atoms with van der Waals surface area (Å²) in [5.41, 5.74) is 0.717. The molecule has 0 aliphatic heterocycles. The molecule has 2 aromatic rings. The molecule has 0 unspecified atom stereocenters. The van der Waals surface area contributed by atoms with Crippen LogP contribution in [0.3, 0.4) is 0 Å². The Morgan fingerprint density at radius 2 is 1.47 bits per heavy atom. The van der Waals surface area contributed by atoms with Crippen LogP contribution in [-0.2, 0) is 0 Å². The smallest absolute Gasteiger partial charge is 0.267 e. The van der Waals surface area contributed by atoms with E-state index in [4.69, 9.17) is 5.84 Å². The van der Waals surface area contributed by atoms with Crippen molar-refractivity contribution in [1.82, 2.24) is 5.01 Å². The summed E-state index contributed by atoms with van der Waals surface area (Å²) in [6.45, 7) is 0. The minimum atomic E-state index is -0.546. The second-order valence-electron chi connectivity index (χ2n) is 3.86. The van der Waals surface area contributed by atoms with Crippen LogP contribution in [-0.4, -0.2) is 16.8 Å². The number of nitrogens with two attached hydrogens (primary N) is 1. The molecule has 2 rings (SSSR count). The number of carbonyl (C=O) groups excluding carboxylic acids is 2. The lowest BCUT2D eigenvalue weighted by Gasteiger charge is -2.14. The van der Waals surface area contributed by atoms with Gasteiger partial charge in [0.05, 0.1) is 0 Å². The third-order valence-corrected chi connectivity index (χ3v) is 3.02. The second-order valence-corrected chi connectivity index (χ2v) is 4.77. The van der Waals surface area contributed by atoms with E-state index in [1.54, 1.807) is 54.6 Å². The summed E-state index contributed by atoms with van der Waals surface area (Å²) in [6, 6.07) is 15.1. The maximum Gasteiger partial charge on any atom is 0.275 e. The highest BCUT2D eigenvalue weighted by molar-refractivity contribution is 9.10. The van der Waals surface area contributed by atoms with E-state index in [-0.39, 0.29) is 0 Å². The van der Waals surface area contributed by atoms with E-state index in [0.29, 0.717) is 16.1 Å². The van der Waals surface area contributed by atoms with Gasteiger partial charge in [-0.25, -0.2) is 10.9 Å². The number of hydrogen-bond donors (Lipinski definition) is 1. The average Bonchev–Trinajstić information content (AvgIpc) is 2.46. The Hall–Kier alpha value is -1.98. The molecule has 2 N–H and O–H groups in total. The van der Waals surface area contributed by atoms with Crippen molar-refractivity contribution in [3.05, 3.63) is 70.2 Å². The Balaban J connectivity index is 2.23. The van der Waals surface area contributed by atoms with Crippen molar-refractivity contribution in [3.8, 4) is 0 Å². The van der Waals surface area contributed by atoms with E-state index >= 15 is 0 Å². The summed E-state index contributed by atoms with van der Waals surface area (Å²) < 4.78 is 0.749. The molecule has 0 radical (unpaired) electrons. The largest absolute Gasteiger partial charge is 0.275 e. The van der Waals surface area contributed by atoms with Crippen LogP contribution < -0.4 is 5.84 Å². The van der Waals surface area contributed by atoms with Crippen LogP contribution in [0.15, 0.2) is 59.1 Å². The van der Waals surface area contributed by atoms with Crippen molar-refractivity contribution in [2.24, 2.45) is 5.84 Å². The maximum atomic E-state index is 12.1. The van der Waals surface area contributed by atoms with Gasteiger partial charge in [-0.05, 0) is 30.3 Å². The molecule has 0 aromatic heterocycles. The Bertz CT molecular complexity index is 614. The van der Waals surface area contributed by atoms with E-state index in [1.165, 1.54) is 0 Å². The Morgan fingerprint density at radius 1 is 0.895 bits per heavy atom. The first kappa shape index (κ1) is 13.5. The third kappa shape index (κ3) is 3.07. The van der Waals surface area contributed by atoms with E-state index in [1.807, 2.05) is 0 Å². The molecule has 0 saturated heterocycles. The SMILES string of the molecule is NN(C(=O)c1ccccc1)C(=O)c1cccc(Br)c1. The van der Waals surface area contributed by atoms with Gasteiger partial charge in [-0.1, -0.05) is 40.2 Å². The molecule has 0 fully saturated rings. The van der Waals surface area contributed by atoms with Crippen LogP contribution in [0.1, 0.15) is 20.7 Å². The quantitative estimate of drug-likeness (QED) is 0.400. The maximum absolute atomic E-state index is 12.1. The molecule has 5 heteroatoms. The normalized spacial score (nSPS) is 10.0. The lowest BCUT2D eigenvalue weighted by atomic mass is 10.2. The fourth-order valence-electron chi connectivity index (χ4n) is 1.57. The first-order chi connectivity index (χ1) is 9.09. The van der Waals surface area contributed by atoms with Crippen LogP contribution in [0.5, 0.6) is 0 Å². The Morgan fingerprint density at radius 3 is 2.11 bits per heavy atom. The van der Waals surface area contributed by atoms with Gasteiger partial charge >= 0.3 is 0 Å². The van der Waals surface area contributed by atoms with Gasteiger partial charge in [0.1, 0.15) is 0 Å². The molecule has 0 spiro atoms. The van der Waals surface area contributed by atoms with Crippen molar-refractivity contribution in [3.63, 3.8) is 0 Å². The number of amides is 2. The number of halogens is 1. The van der Waals surface area contributed by atoms with E-state index in [9.17, 15) is 9.59 Å². The molecule has 0 aliphatic carbocycles. The number of imide groups is 1. The number of hydrogen-bond acceptors (Lipinski definition) is 3. The number of hydrazine groups is 1. The molecule has 2 amide bonds. The Labute approximate surface area is 118 Å². The van der Waals surface area contributed by atoms with E-state index in [2.05, 4.69) is 15.9 Å². The van der Waals surface area contributed by atoms with Gasteiger partial charge in [0.15, 0.2) is 0 Å². The zero-order valence-electron chi connectivity index (χ0n) is 9.92. The number of carbonyl (C=O) groups is 2. The van der Waals surface area contributed by atoms with Crippen molar-refractivity contribution in [2.75, 3.05) is 0 Å². The van der Waals surface area contributed by atoms with Crippen LogP contribution in [0.25, 0.3) is 0 Å². The van der Waals surface area contributed by atoms with E-state index in [0.717, 1.165) is 4.47 Å². The highest BCUT2D eigenvalue weighted by Gasteiger charge is 2.20. The van der Waals surface area contributed by atoms with Crippen molar-refractivity contribution >= 4 is 27.7 Å². The summed E-state index contributed by atoms with van der Waals surface area (Å²) >= 11 is 3.27. The second kappa shape index (κ2) is 5.77. The minimum Gasteiger partial charge on any atom is -0.267 e. The predicted molar refractivity (Wildman–Crippen MR) is 75.3 cm³/mol. The molecule has 96 valence electrons. The molecule has 0 saturated carbocycles. The molecule has 19 heavy (non-hydrogen) atoms. The number of benzene rings is 2. The fourth-order valence-corrected chi connectivity index (χ4v) is 1.97. The van der Waals surface area contributed by atoms with Gasteiger partial charge in [-0.2, -0.15) is 0 Å². The first-order valence-electron chi connectivity index (χ1n) is 5.53. The molecule has 4 nitrogen and oxygen atoms in total. The molecule has 2 aromatic carbocycles. The zero-order valence-corrected chi connectivity index (χ0v) is 11.5. The molecule has 0 aliphatic rings. The first-order valence-corrected chi connectivity index (χ1v) is 6.33. The summed E-state index contributed by atoms with van der Waals surface area (Å²) in [6.07, 6.45) is 0. The molecular formula is C14H11BrN2O2. The van der Waals surface area contributed by atoms with Gasteiger partial charge < -0.3 is 0 Å². The Kier molecular flexibility index (Phi) is 4.09. The van der Waals surface area contributed by atoms with Crippen LogP contribution in [0, 0.1) is 0 Å². The number of nitrogens with zero attached hydrogens (tertiary/aromatic N) is 1. The zero-order chi connectivity index (χ0) is 13.8. The minimum absolute atomic E-state index is 0.348. The van der Waals surface area contributed by atoms with Gasteiger partial charge in [-0.3, -0.25) is 9.59 Å². The monoisotopic (exact) mass is 318 g/mol. The average molecular weight is 319 g/mol. The van der Waals surface area contributed by atoms with Gasteiger partial charge in [0, 0.05) is 15.6 Å². The molecular weight excluding hydrogens is 308 g/mol. The lowest BCUT2D eigenvalue weighted by molar-refractivity contribution is 0.0615. The predicted octanol–water partition coefficient (Wildman–Crippen LogP) is 2.61. The fraction of sp³-hybridized carbons (Fsp3) is 0. The summed E-state index contributed by atoms with van der Waals surface area (Å²) in [5, 5.41) is 0.622. The van der Waals surface area contributed by atoms with Crippen LogP contribution in [0.2, 0.25) is 0 Å². The van der Waals surface area contributed by atoms with Crippen molar-refractivity contribution in [1.29, 1.82) is 0 Å². The van der Waals surface area contributed by atoms with Crippen LogP contribution in [0.4, 0.5) is 0 Å². The lowest BCUT2D eigenvalue weighted by Crippen LogP contribution is -2.42. The van der Waals surface area contributed by atoms with Crippen molar-refractivity contribution < 1.29 is 9.59 Å². The highest BCUT2D eigenvalue weighted by Crippen LogP contribution is 2.13.